The minimum Gasteiger partial charge on any atom is -0.497 e. The third-order valence-corrected chi connectivity index (χ3v) is 8.81. The molecule has 2 aliphatic rings. The molecule has 4 atom stereocenters. The molecule has 0 saturated heterocycles. The summed E-state index contributed by atoms with van der Waals surface area (Å²) in [6, 6.07) is 10.9. The second-order valence-corrected chi connectivity index (χ2v) is 12.6. The summed E-state index contributed by atoms with van der Waals surface area (Å²) in [4.78, 5) is 72.2. The van der Waals surface area contributed by atoms with E-state index in [1.165, 1.54) is 18.9 Å². The van der Waals surface area contributed by atoms with Crippen molar-refractivity contribution in [3.05, 3.63) is 94.8 Å². The fourth-order valence-corrected chi connectivity index (χ4v) is 5.52. The molecule has 0 aliphatic carbocycles. The van der Waals surface area contributed by atoms with Gasteiger partial charge in [-0.1, -0.05) is 44.5 Å². The van der Waals surface area contributed by atoms with Crippen LogP contribution in [0.4, 0.5) is 8.78 Å². The van der Waals surface area contributed by atoms with E-state index in [0.717, 1.165) is 11.8 Å². The third kappa shape index (κ3) is 10.5. The van der Waals surface area contributed by atoms with Crippen molar-refractivity contribution in [2.45, 2.75) is 71.1 Å². The number of carbonyl (C=O) groups excluding carboxylic acids is 5. The van der Waals surface area contributed by atoms with Crippen LogP contribution >= 0.6 is 0 Å². The molecule has 2 aromatic carbocycles. The van der Waals surface area contributed by atoms with E-state index in [-0.39, 0.29) is 37.5 Å². The topological polar surface area (TPSA) is 159 Å². The lowest BCUT2D eigenvalue weighted by atomic mass is 9.96. The summed E-state index contributed by atoms with van der Waals surface area (Å²) < 4.78 is 33.3. The molecule has 14 heteroatoms. The molecule has 2 aliphatic heterocycles. The predicted octanol–water partition coefficient (Wildman–Crippen LogP) is 3.30. The number of ether oxygens (including phenoxy) is 1. The Hall–Kier alpha value is -5.40. The number of fused-ring (bicyclic) bond motifs is 18. The zero-order chi connectivity index (χ0) is 37.1. The number of pyridine rings is 1. The van der Waals surface area contributed by atoms with Gasteiger partial charge in [0.15, 0.2) is 11.5 Å². The second-order valence-electron chi connectivity index (χ2n) is 12.6. The Bertz CT molecular complexity index is 1700. The SMILES string of the molecule is CC[C@H](C)C1NC(=O)c2ccc(cc2)CN(C(=O)c2ncc(F)cc2F)CCCCNC(=O)[C@@H](C)NC(=O)[C@H](Cc2ccc(OC)cc2)NC1=O. The van der Waals surface area contributed by atoms with Gasteiger partial charge in [-0.15, -0.1) is 0 Å². The first-order valence-corrected chi connectivity index (χ1v) is 16.9. The maximum absolute atomic E-state index is 14.5. The Morgan fingerprint density at radius 1 is 0.961 bits per heavy atom. The van der Waals surface area contributed by atoms with Gasteiger partial charge in [-0.2, -0.15) is 0 Å². The summed E-state index contributed by atoms with van der Waals surface area (Å²) >= 11 is 0. The molecule has 272 valence electrons. The molecule has 4 N–H and O–H groups in total. The quantitative estimate of drug-likeness (QED) is 0.287. The van der Waals surface area contributed by atoms with Gasteiger partial charge in [0.2, 0.25) is 17.7 Å². The molecule has 0 spiro atoms. The number of benzene rings is 2. The van der Waals surface area contributed by atoms with Crippen LogP contribution < -0.4 is 26.0 Å². The molecule has 3 heterocycles. The molecule has 5 amide bonds. The zero-order valence-corrected chi connectivity index (χ0v) is 29.1. The highest BCUT2D eigenvalue weighted by Crippen LogP contribution is 2.17. The van der Waals surface area contributed by atoms with Gasteiger partial charge in [0.05, 0.1) is 13.3 Å². The minimum absolute atomic E-state index is 0.0299. The average Bonchev–Trinajstić information content (AvgIpc) is 3.12. The highest BCUT2D eigenvalue weighted by atomic mass is 19.1. The summed E-state index contributed by atoms with van der Waals surface area (Å²) in [5.41, 5.74) is 1.07. The average molecular weight is 707 g/mol. The molecule has 5 rings (SSSR count). The van der Waals surface area contributed by atoms with Crippen molar-refractivity contribution in [2.75, 3.05) is 20.2 Å². The van der Waals surface area contributed by atoms with Gasteiger partial charge in [0, 0.05) is 37.7 Å². The highest BCUT2D eigenvalue weighted by Gasteiger charge is 2.31. The van der Waals surface area contributed by atoms with Crippen LogP contribution in [-0.4, -0.2) is 77.7 Å². The van der Waals surface area contributed by atoms with Crippen LogP contribution in [0.25, 0.3) is 0 Å². The smallest absolute Gasteiger partial charge is 0.275 e. The van der Waals surface area contributed by atoms with Crippen LogP contribution in [0.5, 0.6) is 5.75 Å². The van der Waals surface area contributed by atoms with Gasteiger partial charge < -0.3 is 30.9 Å². The molecule has 51 heavy (non-hydrogen) atoms. The van der Waals surface area contributed by atoms with E-state index in [1.807, 2.05) is 13.8 Å². The van der Waals surface area contributed by atoms with Crippen molar-refractivity contribution in [3.63, 3.8) is 0 Å². The molecule has 0 saturated carbocycles. The van der Waals surface area contributed by atoms with Crippen LogP contribution in [-0.2, 0) is 27.3 Å². The summed E-state index contributed by atoms with van der Waals surface area (Å²) in [6.07, 6.45) is 2.25. The summed E-state index contributed by atoms with van der Waals surface area (Å²) in [5.74, 6) is -4.60. The Labute approximate surface area is 295 Å². The second kappa shape index (κ2) is 18.0. The van der Waals surface area contributed by atoms with Gasteiger partial charge in [-0.3, -0.25) is 24.0 Å². The molecule has 3 aromatic rings. The summed E-state index contributed by atoms with van der Waals surface area (Å²) in [7, 11) is 1.54. The number of hydrogen-bond acceptors (Lipinski definition) is 7. The Kier molecular flexibility index (Phi) is 13.6. The van der Waals surface area contributed by atoms with Gasteiger partial charge >= 0.3 is 0 Å². The number of nitrogens with one attached hydrogen (secondary N) is 4. The lowest BCUT2D eigenvalue weighted by molar-refractivity contribution is -0.132. The van der Waals surface area contributed by atoms with Crippen molar-refractivity contribution in [1.82, 2.24) is 31.2 Å². The highest BCUT2D eigenvalue weighted by molar-refractivity contribution is 5.99. The fourth-order valence-electron chi connectivity index (χ4n) is 5.52. The Balaban J connectivity index is 1.62. The van der Waals surface area contributed by atoms with E-state index in [9.17, 15) is 32.8 Å². The van der Waals surface area contributed by atoms with E-state index >= 15 is 0 Å². The first-order valence-electron chi connectivity index (χ1n) is 16.9. The number of aromatic nitrogens is 1. The number of amides is 5. The lowest BCUT2D eigenvalue weighted by Crippen LogP contribution is -2.58. The van der Waals surface area contributed by atoms with Gasteiger partial charge in [0.1, 0.15) is 29.7 Å². The lowest BCUT2D eigenvalue weighted by Gasteiger charge is -2.27. The van der Waals surface area contributed by atoms with Crippen LogP contribution in [0.15, 0.2) is 60.8 Å². The molecule has 0 radical (unpaired) electrons. The number of hydrogen-bond donors (Lipinski definition) is 4. The fraction of sp³-hybridized carbons (Fsp3) is 0.405. The number of halogens is 2. The maximum atomic E-state index is 14.5. The maximum Gasteiger partial charge on any atom is 0.275 e. The van der Waals surface area contributed by atoms with Crippen LogP contribution in [0.3, 0.4) is 0 Å². The molecular weight excluding hydrogens is 662 g/mol. The van der Waals surface area contributed by atoms with Crippen molar-refractivity contribution in [2.24, 2.45) is 5.92 Å². The van der Waals surface area contributed by atoms with Crippen molar-refractivity contribution >= 4 is 29.5 Å². The predicted molar refractivity (Wildman–Crippen MR) is 185 cm³/mol. The number of rotatable bonds is 6. The van der Waals surface area contributed by atoms with E-state index in [4.69, 9.17) is 4.74 Å². The molecule has 0 fully saturated rings. The standard InChI is InChI=1S/C37H44F2N6O6/c1-5-22(2)31-36(49)43-30(18-24-10-14-28(51-4)15-11-24)35(48)42-23(3)33(46)40-16-6-7-17-45(37(50)32-29(39)19-27(38)20-41-32)21-25-8-12-26(13-9-25)34(47)44-31/h8-15,19-20,22-23,30-31H,5-7,16-18,21H2,1-4H3,(H,40,46)(H,42,48)(H,43,49)(H,44,47)/t22-,23+,30-,31?/m0/s1. The van der Waals surface area contributed by atoms with Crippen LogP contribution in [0.1, 0.15) is 72.0 Å². The largest absolute Gasteiger partial charge is 0.497 e. The molecule has 1 unspecified atom stereocenters. The van der Waals surface area contributed by atoms with Crippen LogP contribution in [0, 0.1) is 17.6 Å². The number of carbonyl (C=O) groups is 5. The first kappa shape index (κ1) is 38.4. The van der Waals surface area contributed by atoms with Gasteiger partial charge in [-0.25, -0.2) is 13.8 Å². The van der Waals surface area contributed by atoms with E-state index in [1.54, 1.807) is 48.5 Å². The Morgan fingerprint density at radius 2 is 1.67 bits per heavy atom. The minimum atomic E-state index is -1.09. The van der Waals surface area contributed by atoms with E-state index in [0.29, 0.717) is 36.6 Å². The number of nitrogens with zero attached hydrogens (tertiary/aromatic N) is 2. The molecule has 1 aromatic heterocycles. The monoisotopic (exact) mass is 706 g/mol. The van der Waals surface area contributed by atoms with E-state index in [2.05, 4.69) is 26.3 Å². The van der Waals surface area contributed by atoms with Gasteiger partial charge in [0.25, 0.3) is 11.8 Å². The van der Waals surface area contributed by atoms with Crippen LogP contribution in [0.2, 0.25) is 0 Å². The van der Waals surface area contributed by atoms with Crippen molar-refractivity contribution < 1.29 is 37.5 Å². The molecular formula is C37H44F2N6O6. The number of methoxy groups -OCH3 is 1. The van der Waals surface area contributed by atoms with Gasteiger partial charge in [-0.05, 0) is 61.1 Å². The third-order valence-electron chi connectivity index (χ3n) is 8.81. The van der Waals surface area contributed by atoms with Crippen molar-refractivity contribution in [1.29, 1.82) is 0 Å². The molecule has 2 bridgehead atoms. The van der Waals surface area contributed by atoms with E-state index < -0.39 is 65.0 Å². The zero-order valence-electron chi connectivity index (χ0n) is 29.1. The summed E-state index contributed by atoms with van der Waals surface area (Å²) in [5, 5.41) is 11.1. The molecule has 12 nitrogen and oxygen atoms in total. The first-order chi connectivity index (χ1) is 24.4. The normalized spacial score (nSPS) is 20.3. The Morgan fingerprint density at radius 3 is 2.31 bits per heavy atom. The summed E-state index contributed by atoms with van der Waals surface area (Å²) in [6.45, 7) is 5.60. The van der Waals surface area contributed by atoms with Crippen molar-refractivity contribution in [3.8, 4) is 5.75 Å².